The van der Waals surface area contributed by atoms with Crippen LogP contribution in [-0.2, 0) is 13.5 Å². The molecule has 1 N–H and O–H groups in total. The lowest BCUT2D eigenvalue weighted by molar-refractivity contribution is 0.422. The van der Waals surface area contributed by atoms with Crippen LogP contribution in [0, 0.1) is 0 Å². The van der Waals surface area contributed by atoms with Crippen LogP contribution >= 0.6 is 0 Å². The smallest absolute Gasteiger partial charge is 0.259 e. The summed E-state index contributed by atoms with van der Waals surface area (Å²) in [5.74, 6) is 2.62. The third-order valence-corrected chi connectivity index (χ3v) is 5.80. The SMILES string of the molecule is Cn1nc(C2CC2)cc1CCCCCNc1cncc(-c2nc(C3CC3)no2)c1. The summed E-state index contributed by atoms with van der Waals surface area (Å²) in [6.07, 6.45) is 13.2. The average Bonchev–Trinajstić information content (AvgIpc) is 3.67. The molecule has 0 atom stereocenters. The highest BCUT2D eigenvalue weighted by Crippen LogP contribution is 2.40. The molecule has 3 heterocycles. The predicted molar refractivity (Wildman–Crippen MR) is 111 cm³/mol. The van der Waals surface area contributed by atoms with Crippen LogP contribution in [-0.4, -0.2) is 31.4 Å². The lowest BCUT2D eigenvalue weighted by Crippen LogP contribution is -2.03. The van der Waals surface area contributed by atoms with Crippen molar-refractivity contribution in [2.45, 2.75) is 63.2 Å². The minimum Gasteiger partial charge on any atom is -0.384 e. The third-order valence-electron chi connectivity index (χ3n) is 5.80. The Kier molecular flexibility index (Phi) is 5.04. The molecule has 0 amide bonds. The molecule has 2 fully saturated rings. The van der Waals surface area contributed by atoms with Crippen molar-refractivity contribution in [3.63, 3.8) is 0 Å². The zero-order valence-electron chi connectivity index (χ0n) is 17.0. The summed E-state index contributed by atoms with van der Waals surface area (Å²) < 4.78 is 7.47. The summed E-state index contributed by atoms with van der Waals surface area (Å²) in [7, 11) is 2.07. The number of unbranched alkanes of at least 4 members (excludes halogenated alkanes) is 2. The fourth-order valence-electron chi connectivity index (χ4n) is 3.70. The van der Waals surface area contributed by atoms with Crippen LogP contribution in [0.5, 0.6) is 0 Å². The lowest BCUT2D eigenvalue weighted by atomic mass is 10.1. The van der Waals surface area contributed by atoms with Crippen LogP contribution in [0.1, 0.15) is 74.0 Å². The van der Waals surface area contributed by atoms with Crippen molar-refractivity contribution in [2.24, 2.45) is 7.05 Å². The van der Waals surface area contributed by atoms with Crippen molar-refractivity contribution in [2.75, 3.05) is 11.9 Å². The molecule has 7 heteroatoms. The monoisotopic (exact) mass is 392 g/mol. The van der Waals surface area contributed by atoms with Gasteiger partial charge in [-0.3, -0.25) is 9.67 Å². The number of anilines is 1. The van der Waals surface area contributed by atoms with Gasteiger partial charge < -0.3 is 9.84 Å². The molecule has 0 bridgehead atoms. The van der Waals surface area contributed by atoms with E-state index >= 15 is 0 Å². The van der Waals surface area contributed by atoms with Gasteiger partial charge in [0.2, 0.25) is 0 Å². The second kappa shape index (κ2) is 7.97. The normalized spacial score (nSPS) is 16.3. The molecule has 0 aliphatic heterocycles. The van der Waals surface area contributed by atoms with Gasteiger partial charge in [0.1, 0.15) is 0 Å². The van der Waals surface area contributed by atoms with E-state index < -0.39 is 0 Å². The molecule has 0 aromatic carbocycles. The summed E-state index contributed by atoms with van der Waals surface area (Å²) in [5, 5.41) is 12.2. The largest absolute Gasteiger partial charge is 0.384 e. The number of aromatic nitrogens is 5. The number of hydrogen-bond acceptors (Lipinski definition) is 6. The van der Waals surface area contributed by atoms with Crippen LogP contribution < -0.4 is 5.32 Å². The van der Waals surface area contributed by atoms with E-state index in [1.54, 1.807) is 6.20 Å². The molecule has 5 rings (SSSR count). The molecule has 2 saturated carbocycles. The maximum Gasteiger partial charge on any atom is 0.259 e. The van der Waals surface area contributed by atoms with Gasteiger partial charge in [-0.1, -0.05) is 11.6 Å². The number of nitrogens with one attached hydrogen (secondary N) is 1. The van der Waals surface area contributed by atoms with E-state index in [2.05, 4.69) is 43.3 Å². The zero-order valence-corrected chi connectivity index (χ0v) is 17.0. The molecule has 3 aromatic heterocycles. The highest BCUT2D eigenvalue weighted by atomic mass is 16.5. The third kappa shape index (κ3) is 4.49. The standard InChI is InChI=1S/C22H28N6O/c1-28-19(12-20(26-28)15-6-7-15)5-3-2-4-10-24-18-11-17(13-23-14-18)22-25-21(27-29-22)16-8-9-16/h11-16,24H,2-10H2,1H3. The highest BCUT2D eigenvalue weighted by molar-refractivity contribution is 5.59. The maximum absolute atomic E-state index is 5.40. The summed E-state index contributed by atoms with van der Waals surface area (Å²) in [6.45, 7) is 0.932. The molecule has 29 heavy (non-hydrogen) atoms. The Morgan fingerprint density at radius 3 is 2.76 bits per heavy atom. The van der Waals surface area contributed by atoms with Crippen molar-refractivity contribution in [3.8, 4) is 11.5 Å². The first-order valence-corrected chi connectivity index (χ1v) is 10.8. The summed E-state index contributed by atoms with van der Waals surface area (Å²) in [6, 6.07) is 4.34. The lowest BCUT2D eigenvalue weighted by Gasteiger charge is -2.07. The van der Waals surface area contributed by atoms with E-state index in [9.17, 15) is 0 Å². The van der Waals surface area contributed by atoms with Gasteiger partial charge in [-0.15, -0.1) is 0 Å². The van der Waals surface area contributed by atoms with E-state index in [0.717, 1.165) is 42.4 Å². The molecule has 0 saturated heterocycles. The molecule has 7 nitrogen and oxygen atoms in total. The summed E-state index contributed by atoms with van der Waals surface area (Å²) in [4.78, 5) is 8.82. The molecule has 0 unspecified atom stereocenters. The van der Waals surface area contributed by atoms with Gasteiger partial charge in [0, 0.05) is 43.5 Å². The van der Waals surface area contributed by atoms with E-state index in [1.165, 1.54) is 49.9 Å². The van der Waals surface area contributed by atoms with Gasteiger partial charge in [-0.05, 0) is 57.1 Å². The van der Waals surface area contributed by atoms with Crippen LogP contribution in [0.25, 0.3) is 11.5 Å². The zero-order chi connectivity index (χ0) is 19.6. The quantitative estimate of drug-likeness (QED) is 0.514. The fraction of sp³-hybridized carbons (Fsp3) is 0.545. The minimum atomic E-state index is 0.494. The molecular weight excluding hydrogens is 364 g/mol. The number of nitrogens with zero attached hydrogens (tertiary/aromatic N) is 5. The Bertz CT molecular complexity index is 969. The summed E-state index contributed by atoms with van der Waals surface area (Å²) in [5.41, 5.74) is 4.52. The van der Waals surface area contributed by atoms with Crippen molar-refractivity contribution in [1.82, 2.24) is 24.9 Å². The molecule has 2 aliphatic rings. The van der Waals surface area contributed by atoms with Crippen molar-refractivity contribution < 1.29 is 4.52 Å². The van der Waals surface area contributed by atoms with E-state index in [1.807, 2.05) is 12.3 Å². The Balaban J connectivity index is 1.06. The molecule has 0 spiro atoms. The van der Waals surface area contributed by atoms with Crippen molar-refractivity contribution in [3.05, 3.63) is 41.7 Å². The van der Waals surface area contributed by atoms with Crippen LogP contribution in [0.4, 0.5) is 5.69 Å². The van der Waals surface area contributed by atoms with Gasteiger partial charge in [-0.2, -0.15) is 10.1 Å². The average molecular weight is 393 g/mol. The molecule has 2 aliphatic carbocycles. The van der Waals surface area contributed by atoms with Crippen LogP contribution in [0.3, 0.4) is 0 Å². The number of hydrogen-bond donors (Lipinski definition) is 1. The predicted octanol–water partition coefficient (Wildman–Crippen LogP) is 4.44. The topological polar surface area (TPSA) is 81.7 Å². The number of pyridine rings is 1. The maximum atomic E-state index is 5.40. The van der Waals surface area contributed by atoms with Crippen molar-refractivity contribution in [1.29, 1.82) is 0 Å². The second-order valence-electron chi connectivity index (χ2n) is 8.39. The second-order valence-corrected chi connectivity index (χ2v) is 8.39. The van der Waals surface area contributed by atoms with Gasteiger partial charge in [0.05, 0.1) is 16.9 Å². The fourth-order valence-corrected chi connectivity index (χ4v) is 3.70. The Hall–Kier alpha value is -2.70. The van der Waals surface area contributed by atoms with E-state index in [-0.39, 0.29) is 0 Å². The van der Waals surface area contributed by atoms with Crippen LogP contribution in [0.15, 0.2) is 29.0 Å². The Morgan fingerprint density at radius 1 is 1.07 bits per heavy atom. The Morgan fingerprint density at radius 2 is 1.93 bits per heavy atom. The first-order chi connectivity index (χ1) is 14.3. The minimum absolute atomic E-state index is 0.494. The van der Waals surface area contributed by atoms with Gasteiger partial charge in [0.25, 0.3) is 5.89 Å². The Labute approximate surface area is 170 Å². The van der Waals surface area contributed by atoms with Gasteiger partial charge >= 0.3 is 0 Å². The van der Waals surface area contributed by atoms with Gasteiger partial charge in [-0.25, -0.2) is 0 Å². The first-order valence-electron chi connectivity index (χ1n) is 10.8. The van der Waals surface area contributed by atoms with Gasteiger partial charge in [0.15, 0.2) is 5.82 Å². The highest BCUT2D eigenvalue weighted by Gasteiger charge is 2.29. The van der Waals surface area contributed by atoms with Crippen molar-refractivity contribution >= 4 is 5.69 Å². The summed E-state index contributed by atoms with van der Waals surface area (Å²) >= 11 is 0. The molecule has 152 valence electrons. The van der Waals surface area contributed by atoms with E-state index in [4.69, 9.17) is 4.52 Å². The molecular formula is C22H28N6O. The number of aryl methyl sites for hydroxylation is 2. The molecule has 3 aromatic rings. The first kappa shape index (κ1) is 18.3. The van der Waals surface area contributed by atoms with E-state index in [0.29, 0.717) is 11.8 Å². The van der Waals surface area contributed by atoms with Crippen LogP contribution in [0.2, 0.25) is 0 Å². The molecule has 0 radical (unpaired) electrons. The number of rotatable bonds is 10.